The van der Waals surface area contributed by atoms with Gasteiger partial charge >= 0.3 is 0 Å². The molecule has 3 aromatic rings. The third-order valence-electron chi connectivity index (χ3n) is 7.85. The Balaban J connectivity index is 1.27. The maximum Gasteiger partial charge on any atom is 0.240 e. The molecule has 212 valence electrons. The number of rotatable bonds is 9. The highest BCUT2D eigenvalue weighted by atomic mass is 35.5. The van der Waals surface area contributed by atoms with Gasteiger partial charge in [-0.2, -0.15) is 11.8 Å². The van der Waals surface area contributed by atoms with Gasteiger partial charge < -0.3 is 10.2 Å². The van der Waals surface area contributed by atoms with Gasteiger partial charge in [-0.3, -0.25) is 9.10 Å². The molecule has 2 aliphatic rings. The van der Waals surface area contributed by atoms with Crippen molar-refractivity contribution in [2.24, 2.45) is 0 Å². The smallest absolute Gasteiger partial charge is 0.240 e. The number of hydrogen-bond donors (Lipinski definition) is 1. The first-order chi connectivity index (χ1) is 19.2. The summed E-state index contributed by atoms with van der Waals surface area (Å²) in [6.07, 6.45) is 2.72. The standard InChI is InChI=1S/C30H33Cl2N3O3S2/c1-40(37,38)35-21-30(24-9-5-6-10-28(24)35)13-15-34(16-14-30)29(36)27(33-18-22-7-3-2-4-8-22)20-39-19-23-11-12-25(31)26(32)17-23/h2-12,17,27,33H,13-16,18-21H2,1H3/t27-/m0/s1. The van der Waals surface area contributed by atoms with Crippen LogP contribution in [0.2, 0.25) is 10.0 Å². The molecule has 40 heavy (non-hydrogen) atoms. The van der Waals surface area contributed by atoms with Crippen molar-refractivity contribution >= 4 is 56.6 Å². The number of nitrogens with one attached hydrogen (secondary N) is 1. The summed E-state index contributed by atoms with van der Waals surface area (Å²) in [6, 6.07) is 23.1. The van der Waals surface area contributed by atoms with Gasteiger partial charge in [-0.25, -0.2) is 8.42 Å². The minimum atomic E-state index is -3.38. The Morgan fingerprint density at radius 2 is 1.68 bits per heavy atom. The molecular formula is C30H33Cl2N3O3S2. The lowest BCUT2D eigenvalue weighted by atomic mass is 9.74. The van der Waals surface area contributed by atoms with Crippen molar-refractivity contribution in [2.75, 3.05) is 35.9 Å². The number of anilines is 1. The summed E-state index contributed by atoms with van der Waals surface area (Å²) in [5, 5.41) is 4.55. The Hall–Kier alpha value is -2.23. The molecule has 0 unspecified atom stereocenters. The van der Waals surface area contributed by atoms with Crippen molar-refractivity contribution in [3.63, 3.8) is 0 Å². The number of sulfonamides is 1. The normalized spacial score (nSPS) is 17.2. The van der Waals surface area contributed by atoms with Gasteiger partial charge in [0.05, 0.1) is 28.0 Å². The molecule has 3 aromatic carbocycles. The molecular weight excluding hydrogens is 585 g/mol. The number of amides is 1. The van der Waals surface area contributed by atoms with Crippen LogP contribution >= 0.6 is 35.0 Å². The molecule has 6 nitrogen and oxygen atoms in total. The van der Waals surface area contributed by atoms with Gasteiger partial charge in [0, 0.05) is 43.1 Å². The summed E-state index contributed by atoms with van der Waals surface area (Å²) >= 11 is 13.9. The Morgan fingerprint density at radius 3 is 2.38 bits per heavy atom. The zero-order valence-corrected chi connectivity index (χ0v) is 25.5. The fourth-order valence-corrected chi connectivity index (χ4v) is 8.01. The van der Waals surface area contributed by atoms with Gasteiger partial charge in [-0.15, -0.1) is 0 Å². The number of carbonyl (C=O) groups is 1. The van der Waals surface area contributed by atoms with Crippen LogP contribution in [-0.2, 0) is 32.5 Å². The van der Waals surface area contributed by atoms with Crippen LogP contribution in [0.4, 0.5) is 5.69 Å². The van der Waals surface area contributed by atoms with Crippen LogP contribution < -0.4 is 9.62 Å². The molecule has 1 atom stereocenters. The number of likely N-dealkylation sites (tertiary alicyclic amines) is 1. The summed E-state index contributed by atoms with van der Waals surface area (Å²) in [6.45, 7) is 2.21. The van der Waals surface area contributed by atoms with Crippen molar-refractivity contribution in [3.05, 3.63) is 99.5 Å². The van der Waals surface area contributed by atoms with Crippen LogP contribution in [0, 0.1) is 0 Å². The van der Waals surface area contributed by atoms with Crippen LogP contribution in [0.25, 0.3) is 0 Å². The quantitative estimate of drug-likeness (QED) is 0.332. The van der Waals surface area contributed by atoms with E-state index in [4.69, 9.17) is 23.2 Å². The predicted octanol–water partition coefficient (Wildman–Crippen LogP) is 5.73. The Labute approximate surface area is 251 Å². The number of para-hydroxylation sites is 1. The molecule has 2 heterocycles. The first-order valence-electron chi connectivity index (χ1n) is 13.3. The maximum absolute atomic E-state index is 13.8. The second-order valence-corrected chi connectivity index (χ2v) is 14.3. The highest BCUT2D eigenvalue weighted by Crippen LogP contribution is 2.47. The lowest BCUT2D eigenvalue weighted by Gasteiger charge is -2.41. The monoisotopic (exact) mass is 617 g/mol. The van der Waals surface area contributed by atoms with Gasteiger partial charge in [0.15, 0.2) is 0 Å². The molecule has 0 bridgehead atoms. The third-order valence-corrected chi connectivity index (χ3v) is 10.8. The predicted molar refractivity (Wildman–Crippen MR) is 166 cm³/mol. The fourth-order valence-electron chi connectivity index (χ4n) is 5.66. The third kappa shape index (κ3) is 6.47. The van der Waals surface area contributed by atoms with Crippen LogP contribution in [0.5, 0.6) is 0 Å². The van der Waals surface area contributed by atoms with E-state index in [0.29, 0.717) is 42.0 Å². The van der Waals surface area contributed by atoms with E-state index >= 15 is 0 Å². The number of piperidine rings is 1. The molecule has 0 radical (unpaired) electrons. The number of carbonyl (C=O) groups excluding carboxylic acids is 1. The largest absolute Gasteiger partial charge is 0.341 e. The molecule has 10 heteroatoms. The highest BCUT2D eigenvalue weighted by molar-refractivity contribution is 7.98. The number of halogens is 2. The van der Waals surface area contributed by atoms with Crippen molar-refractivity contribution < 1.29 is 13.2 Å². The molecule has 1 fully saturated rings. The Kier molecular flexibility index (Phi) is 9.02. The van der Waals surface area contributed by atoms with Gasteiger partial charge in [0.1, 0.15) is 0 Å². The van der Waals surface area contributed by atoms with Crippen LogP contribution in [0.3, 0.4) is 0 Å². The number of thioether (sulfide) groups is 1. The number of hydrogen-bond acceptors (Lipinski definition) is 5. The average Bonchev–Trinajstić information content (AvgIpc) is 3.27. The van der Waals surface area contributed by atoms with Gasteiger partial charge in [0.25, 0.3) is 0 Å². The summed E-state index contributed by atoms with van der Waals surface area (Å²) < 4.78 is 26.6. The molecule has 0 saturated carbocycles. The number of nitrogens with zero attached hydrogens (tertiary/aromatic N) is 2. The summed E-state index contributed by atoms with van der Waals surface area (Å²) in [5.41, 5.74) is 3.75. The second kappa shape index (κ2) is 12.3. The highest BCUT2D eigenvalue weighted by Gasteiger charge is 2.47. The molecule has 1 spiro atoms. The summed E-state index contributed by atoms with van der Waals surface area (Å²) in [4.78, 5) is 15.8. The topological polar surface area (TPSA) is 69.7 Å². The summed E-state index contributed by atoms with van der Waals surface area (Å²) in [5.74, 6) is 1.41. The first kappa shape index (κ1) is 29.3. The minimum Gasteiger partial charge on any atom is -0.341 e. The summed E-state index contributed by atoms with van der Waals surface area (Å²) in [7, 11) is -3.38. The number of fused-ring (bicyclic) bond motifs is 2. The van der Waals surface area contributed by atoms with Crippen molar-refractivity contribution in [1.29, 1.82) is 0 Å². The van der Waals surface area contributed by atoms with E-state index in [9.17, 15) is 13.2 Å². The Morgan fingerprint density at radius 1 is 0.975 bits per heavy atom. The van der Waals surface area contributed by atoms with Crippen molar-refractivity contribution in [1.82, 2.24) is 10.2 Å². The van der Waals surface area contributed by atoms with Gasteiger partial charge in [-0.05, 0) is 47.7 Å². The van der Waals surface area contributed by atoms with Crippen molar-refractivity contribution in [3.8, 4) is 0 Å². The fraction of sp³-hybridized carbons (Fsp3) is 0.367. The zero-order valence-electron chi connectivity index (χ0n) is 22.4. The molecule has 1 N–H and O–H groups in total. The van der Waals surface area contributed by atoms with Crippen LogP contribution in [0.15, 0.2) is 72.8 Å². The Bertz CT molecular complexity index is 1460. The molecule has 0 aromatic heterocycles. The average molecular weight is 619 g/mol. The van der Waals surface area contributed by atoms with E-state index in [1.165, 1.54) is 10.6 Å². The second-order valence-electron chi connectivity index (χ2n) is 10.6. The maximum atomic E-state index is 13.8. The molecule has 2 aliphatic heterocycles. The molecule has 0 aliphatic carbocycles. The van der Waals surface area contributed by atoms with Gasteiger partial charge in [0.2, 0.25) is 15.9 Å². The molecule has 1 saturated heterocycles. The van der Waals surface area contributed by atoms with Gasteiger partial charge in [-0.1, -0.05) is 77.8 Å². The van der Waals surface area contributed by atoms with Crippen LogP contribution in [-0.4, -0.2) is 56.9 Å². The van der Waals surface area contributed by atoms with E-state index in [1.807, 2.05) is 71.6 Å². The molecule has 1 amide bonds. The van der Waals surface area contributed by atoms with E-state index in [1.54, 1.807) is 17.8 Å². The van der Waals surface area contributed by atoms with E-state index < -0.39 is 10.0 Å². The first-order valence-corrected chi connectivity index (χ1v) is 17.1. The molecule has 5 rings (SSSR count). The van der Waals surface area contributed by atoms with Crippen LogP contribution in [0.1, 0.15) is 29.5 Å². The number of benzene rings is 3. The van der Waals surface area contributed by atoms with E-state index in [-0.39, 0.29) is 17.4 Å². The van der Waals surface area contributed by atoms with E-state index in [2.05, 4.69) is 5.32 Å². The SMILES string of the molecule is CS(=O)(=O)N1CC2(CCN(C(=O)[C@H](CSCc3ccc(Cl)c(Cl)c3)NCc3ccccc3)CC2)c2ccccc21. The lowest BCUT2D eigenvalue weighted by molar-refractivity contribution is -0.134. The van der Waals surface area contributed by atoms with E-state index in [0.717, 1.165) is 41.0 Å². The van der Waals surface area contributed by atoms with Crippen molar-refractivity contribution in [2.45, 2.75) is 36.6 Å². The zero-order chi connectivity index (χ0) is 28.3. The lowest BCUT2D eigenvalue weighted by Crippen LogP contribution is -2.53. The minimum absolute atomic E-state index is 0.0821.